The Balaban J connectivity index is 1.62. The van der Waals surface area contributed by atoms with Crippen LogP contribution < -0.4 is 15.4 Å². The fourth-order valence-corrected chi connectivity index (χ4v) is 4.86. The zero-order chi connectivity index (χ0) is 24.0. The van der Waals surface area contributed by atoms with Gasteiger partial charge in [0.25, 0.3) is 0 Å². The summed E-state index contributed by atoms with van der Waals surface area (Å²) in [6.45, 7) is 3.91. The maximum Gasteiger partial charge on any atom is 0.407 e. The Morgan fingerprint density at radius 3 is 2.76 bits per heavy atom. The van der Waals surface area contributed by atoms with E-state index in [1.54, 1.807) is 24.4 Å². The van der Waals surface area contributed by atoms with Crippen LogP contribution in [0.15, 0.2) is 35.4 Å². The first-order valence-electron chi connectivity index (χ1n) is 11.0. The predicted octanol–water partition coefficient (Wildman–Crippen LogP) is 2.66. The average Bonchev–Trinajstić information content (AvgIpc) is 3.42. The van der Waals surface area contributed by atoms with E-state index in [9.17, 15) is 18.0 Å². The van der Waals surface area contributed by atoms with Crippen molar-refractivity contribution in [2.45, 2.75) is 68.9 Å². The number of amides is 2. The second kappa shape index (κ2) is 10.8. The molecule has 1 aromatic heterocycles. The Labute approximate surface area is 193 Å². The molecule has 0 saturated heterocycles. The second-order valence-corrected chi connectivity index (χ2v) is 10.1. The van der Waals surface area contributed by atoms with E-state index in [0.29, 0.717) is 17.8 Å². The number of rotatable bonds is 9. The lowest BCUT2D eigenvalue weighted by molar-refractivity contribution is -0.115. The van der Waals surface area contributed by atoms with Crippen molar-refractivity contribution in [2.24, 2.45) is 0 Å². The fourth-order valence-electron chi connectivity index (χ4n) is 3.90. The predicted molar refractivity (Wildman–Crippen MR) is 123 cm³/mol. The molecule has 0 unspecified atom stereocenters. The van der Waals surface area contributed by atoms with E-state index in [0.717, 1.165) is 24.8 Å². The smallest absolute Gasteiger partial charge is 0.407 e. The van der Waals surface area contributed by atoms with E-state index in [4.69, 9.17) is 4.74 Å². The van der Waals surface area contributed by atoms with Gasteiger partial charge in [-0.2, -0.15) is 5.10 Å². The molecular formula is C22H31N5O5S. The van der Waals surface area contributed by atoms with Gasteiger partial charge in [0.05, 0.1) is 17.5 Å². The number of sulfonamides is 1. The number of carbonyl (C=O) groups is 2. The van der Waals surface area contributed by atoms with Crippen LogP contribution in [0.2, 0.25) is 0 Å². The highest BCUT2D eigenvalue weighted by atomic mass is 32.2. The largest absolute Gasteiger partial charge is 0.446 e. The van der Waals surface area contributed by atoms with Crippen LogP contribution >= 0.6 is 0 Å². The summed E-state index contributed by atoms with van der Waals surface area (Å²) >= 11 is 0. The minimum absolute atomic E-state index is 0.0543. The summed E-state index contributed by atoms with van der Waals surface area (Å²) in [6.07, 6.45) is 3.94. The van der Waals surface area contributed by atoms with Gasteiger partial charge in [-0.25, -0.2) is 17.9 Å². The highest BCUT2D eigenvalue weighted by Gasteiger charge is 2.31. The molecule has 0 spiro atoms. The molecule has 33 heavy (non-hydrogen) atoms. The number of alkyl carbamates (subject to hydrolysis) is 1. The van der Waals surface area contributed by atoms with Crippen LogP contribution in [0.5, 0.6) is 0 Å². The third-order valence-electron chi connectivity index (χ3n) is 5.89. The zero-order valence-electron chi connectivity index (χ0n) is 19.1. The summed E-state index contributed by atoms with van der Waals surface area (Å²) in [5.74, 6) is 0.194. The van der Waals surface area contributed by atoms with E-state index in [1.807, 2.05) is 13.8 Å². The summed E-state index contributed by atoms with van der Waals surface area (Å²) in [5, 5.41) is 12.5. The Hall–Kier alpha value is -2.92. The van der Waals surface area contributed by atoms with E-state index < -0.39 is 16.1 Å². The quantitative estimate of drug-likeness (QED) is 0.437. The molecular weight excluding hydrogens is 446 g/mol. The fraction of sp³-hybridized carbons (Fsp3) is 0.500. The summed E-state index contributed by atoms with van der Waals surface area (Å²) in [6, 6.07) is 6.43. The van der Waals surface area contributed by atoms with Crippen LogP contribution in [-0.2, 0) is 26.0 Å². The first kappa shape index (κ1) is 24.7. The zero-order valence-corrected chi connectivity index (χ0v) is 19.9. The maximum absolute atomic E-state index is 12.7. The van der Waals surface area contributed by atoms with E-state index in [2.05, 4.69) is 25.6 Å². The van der Waals surface area contributed by atoms with Crippen LogP contribution in [-0.4, -0.2) is 49.8 Å². The van der Waals surface area contributed by atoms with E-state index in [-0.39, 0.29) is 35.3 Å². The third-order valence-corrected chi connectivity index (χ3v) is 7.40. The number of nitrogens with one attached hydrogen (secondary N) is 4. The molecule has 1 heterocycles. The lowest BCUT2D eigenvalue weighted by atomic mass is 10.00. The van der Waals surface area contributed by atoms with Crippen molar-refractivity contribution in [2.75, 3.05) is 12.4 Å². The lowest BCUT2D eigenvalue weighted by Crippen LogP contribution is -2.34. The highest BCUT2D eigenvalue weighted by molar-refractivity contribution is 7.89. The number of hydrogen-bond donors (Lipinski definition) is 4. The topological polar surface area (TPSA) is 142 Å². The van der Waals surface area contributed by atoms with Crippen LogP contribution in [0.25, 0.3) is 0 Å². The van der Waals surface area contributed by atoms with Gasteiger partial charge in [0.2, 0.25) is 15.9 Å². The third kappa shape index (κ3) is 6.32. The van der Waals surface area contributed by atoms with Gasteiger partial charge in [-0.15, -0.1) is 0 Å². The number of aromatic nitrogens is 2. The van der Waals surface area contributed by atoms with Crippen molar-refractivity contribution in [3.05, 3.63) is 41.6 Å². The minimum atomic E-state index is -3.68. The Kier molecular flexibility index (Phi) is 8.09. The van der Waals surface area contributed by atoms with Gasteiger partial charge in [0.1, 0.15) is 11.9 Å². The van der Waals surface area contributed by atoms with Crippen molar-refractivity contribution in [3.8, 4) is 0 Å². The van der Waals surface area contributed by atoms with Gasteiger partial charge in [0, 0.05) is 11.6 Å². The molecule has 1 aliphatic carbocycles. The monoisotopic (exact) mass is 477 g/mol. The highest BCUT2D eigenvalue weighted by Crippen LogP contribution is 2.38. The van der Waals surface area contributed by atoms with Gasteiger partial charge >= 0.3 is 6.09 Å². The van der Waals surface area contributed by atoms with Gasteiger partial charge in [-0.05, 0) is 57.2 Å². The molecule has 1 aliphatic rings. The maximum atomic E-state index is 12.7. The van der Waals surface area contributed by atoms with Crippen molar-refractivity contribution in [3.63, 3.8) is 0 Å². The van der Waals surface area contributed by atoms with Gasteiger partial charge < -0.3 is 15.4 Å². The number of hydrogen-bond acceptors (Lipinski definition) is 6. The van der Waals surface area contributed by atoms with Crippen molar-refractivity contribution in [1.82, 2.24) is 20.2 Å². The standard InChI is InChI=1S/C22H31N5O5S/c1-4-14(2)25-22(29)32-17-10-9-15(11-17)18-13-24-27-21(18)26-20(28)12-16-7-5-6-8-19(16)33(30,31)23-3/h5-8,13-15,17,23H,4,9-12H2,1-3H3,(H,25,29)(H2,24,26,27,28)/t14-,15-,17+/m0/s1. The number of anilines is 1. The molecule has 0 radical (unpaired) electrons. The molecule has 4 N–H and O–H groups in total. The average molecular weight is 478 g/mol. The van der Waals surface area contributed by atoms with Crippen LogP contribution in [0.4, 0.5) is 10.6 Å². The lowest BCUT2D eigenvalue weighted by Gasteiger charge is -2.16. The van der Waals surface area contributed by atoms with Crippen molar-refractivity contribution in [1.29, 1.82) is 0 Å². The molecule has 3 rings (SSSR count). The number of nitrogens with zero attached hydrogens (tertiary/aromatic N) is 1. The summed E-state index contributed by atoms with van der Waals surface area (Å²) in [5.41, 5.74) is 1.24. The van der Waals surface area contributed by atoms with Crippen LogP contribution in [0.3, 0.4) is 0 Å². The first-order chi connectivity index (χ1) is 15.7. The molecule has 0 aliphatic heterocycles. The molecule has 1 aromatic carbocycles. The molecule has 10 nitrogen and oxygen atoms in total. The molecule has 3 atom stereocenters. The summed E-state index contributed by atoms with van der Waals surface area (Å²) in [4.78, 5) is 24.8. The summed E-state index contributed by atoms with van der Waals surface area (Å²) in [7, 11) is -2.35. The Morgan fingerprint density at radius 1 is 1.27 bits per heavy atom. The Morgan fingerprint density at radius 2 is 2.03 bits per heavy atom. The number of carbonyl (C=O) groups excluding carboxylic acids is 2. The SMILES string of the molecule is CC[C@H](C)NC(=O)O[C@@H]1CC[C@H](c2cn[nH]c2NC(=O)Cc2ccccc2S(=O)(=O)NC)C1. The molecule has 2 amide bonds. The Bertz CT molecular complexity index is 1080. The normalized spacial score (nSPS) is 19.1. The van der Waals surface area contributed by atoms with Gasteiger partial charge in [-0.1, -0.05) is 25.1 Å². The van der Waals surface area contributed by atoms with Crippen LogP contribution in [0.1, 0.15) is 56.6 Å². The number of aromatic amines is 1. The molecule has 180 valence electrons. The van der Waals surface area contributed by atoms with Crippen molar-refractivity contribution >= 4 is 27.8 Å². The van der Waals surface area contributed by atoms with Crippen LogP contribution in [0, 0.1) is 0 Å². The molecule has 0 bridgehead atoms. The molecule has 11 heteroatoms. The first-order valence-corrected chi connectivity index (χ1v) is 12.5. The number of ether oxygens (including phenoxy) is 1. The molecule has 1 fully saturated rings. The second-order valence-electron chi connectivity index (χ2n) is 8.23. The van der Waals surface area contributed by atoms with Crippen molar-refractivity contribution < 1.29 is 22.7 Å². The van der Waals surface area contributed by atoms with Gasteiger partial charge in [0.15, 0.2) is 0 Å². The molecule has 2 aromatic rings. The van der Waals surface area contributed by atoms with E-state index >= 15 is 0 Å². The summed E-state index contributed by atoms with van der Waals surface area (Å²) < 4.78 is 32.3. The molecule has 1 saturated carbocycles. The number of benzene rings is 1. The van der Waals surface area contributed by atoms with Gasteiger partial charge in [-0.3, -0.25) is 9.89 Å². The minimum Gasteiger partial charge on any atom is -0.446 e. The number of H-pyrrole nitrogens is 1. The van der Waals surface area contributed by atoms with E-state index in [1.165, 1.54) is 13.1 Å².